The minimum absolute atomic E-state index is 0.0119. The summed E-state index contributed by atoms with van der Waals surface area (Å²) in [7, 11) is 0. The number of allylic oxidation sites excluding steroid dienone is 1. The van der Waals surface area contributed by atoms with Crippen molar-refractivity contribution in [1.82, 2.24) is 0 Å². The molecule has 2 aromatic carbocycles. The van der Waals surface area contributed by atoms with Crippen molar-refractivity contribution < 1.29 is 31.1 Å². The van der Waals surface area contributed by atoms with Crippen LogP contribution in [0.3, 0.4) is 0 Å². The number of hydrogen-bond donors (Lipinski definition) is 2. The van der Waals surface area contributed by atoms with Gasteiger partial charge < -0.3 is 5.32 Å². The lowest BCUT2D eigenvalue weighted by Crippen LogP contribution is -2.16. The number of aliphatic imine (C=N–C) groups is 1. The van der Waals surface area contributed by atoms with Gasteiger partial charge in [-0.2, -0.15) is 26.3 Å². The van der Waals surface area contributed by atoms with E-state index in [1.54, 1.807) is 19.1 Å². The predicted molar refractivity (Wildman–Crippen MR) is 113 cm³/mol. The number of benzene rings is 2. The lowest BCUT2D eigenvalue weighted by Gasteiger charge is -2.15. The highest BCUT2D eigenvalue weighted by atomic mass is 32.2. The van der Waals surface area contributed by atoms with E-state index in [2.05, 4.69) is 10.3 Å². The molecule has 0 aliphatic heterocycles. The minimum Gasteiger partial charge on any atom is -0.322 e. The van der Waals surface area contributed by atoms with Crippen LogP contribution in [0.1, 0.15) is 34.0 Å². The fourth-order valence-corrected chi connectivity index (χ4v) is 3.06. The van der Waals surface area contributed by atoms with Crippen molar-refractivity contribution in [2.45, 2.75) is 25.0 Å². The summed E-state index contributed by atoms with van der Waals surface area (Å²) in [6.07, 6.45) is -5.49. The molecule has 0 heterocycles. The number of hydrogen-bond acceptors (Lipinski definition) is 4. The average Bonchev–Trinajstić information content (AvgIpc) is 2.71. The molecule has 170 valence electrons. The maximum Gasteiger partial charge on any atom is 0.416 e. The number of amides is 1. The summed E-state index contributed by atoms with van der Waals surface area (Å²) in [5.74, 6) is -0.558. The molecule has 0 atom stereocenters. The molecule has 0 fully saturated rings. The molecule has 4 nitrogen and oxygen atoms in total. The summed E-state index contributed by atoms with van der Waals surface area (Å²) < 4.78 is 77.9. The van der Waals surface area contributed by atoms with Gasteiger partial charge in [0, 0.05) is 23.2 Å². The molecule has 0 saturated heterocycles. The van der Waals surface area contributed by atoms with E-state index in [1.807, 2.05) is 0 Å². The quantitative estimate of drug-likeness (QED) is 0.276. The lowest BCUT2D eigenvalue weighted by molar-refractivity contribution is -0.143. The Kier molecular flexibility index (Phi) is 8.25. The monoisotopic (exact) mass is 473 g/mol. The maximum atomic E-state index is 13.0. The molecule has 2 N–H and O–H groups in total. The summed E-state index contributed by atoms with van der Waals surface area (Å²) in [4.78, 5) is 16.3. The summed E-state index contributed by atoms with van der Waals surface area (Å²) in [6.45, 7) is 1.77. The van der Waals surface area contributed by atoms with E-state index in [-0.39, 0.29) is 16.7 Å². The van der Waals surface area contributed by atoms with Gasteiger partial charge in [-0.1, -0.05) is 18.2 Å². The van der Waals surface area contributed by atoms with E-state index in [0.717, 1.165) is 11.8 Å². The molecule has 11 heteroatoms. The predicted octanol–water partition coefficient (Wildman–Crippen LogP) is 6.79. The molecule has 0 bridgehead atoms. The molecule has 0 aliphatic rings. The Morgan fingerprint density at radius 2 is 1.69 bits per heavy atom. The van der Waals surface area contributed by atoms with E-state index >= 15 is 0 Å². The number of rotatable bonds is 6. The Labute approximate surface area is 183 Å². The molecule has 0 radical (unpaired) electrons. The van der Waals surface area contributed by atoms with Gasteiger partial charge in [0.15, 0.2) is 0 Å². The van der Waals surface area contributed by atoms with Gasteiger partial charge in [0.1, 0.15) is 5.04 Å². The Bertz CT molecular complexity index is 1010. The van der Waals surface area contributed by atoms with Crippen molar-refractivity contribution in [1.29, 1.82) is 5.41 Å². The summed E-state index contributed by atoms with van der Waals surface area (Å²) in [5.41, 5.74) is -2.99. The number of nitrogens with zero attached hydrogens (tertiary/aromatic N) is 1. The van der Waals surface area contributed by atoms with E-state index in [9.17, 15) is 31.1 Å². The van der Waals surface area contributed by atoms with Crippen LogP contribution < -0.4 is 5.32 Å². The molecule has 2 rings (SSSR count). The highest BCUT2D eigenvalue weighted by Crippen LogP contribution is 2.37. The zero-order valence-corrected chi connectivity index (χ0v) is 17.3. The normalized spacial score (nSPS) is 12.5. The van der Waals surface area contributed by atoms with Crippen molar-refractivity contribution in [2.75, 3.05) is 5.32 Å². The second-order valence-corrected chi connectivity index (χ2v) is 7.38. The Balaban J connectivity index is 2.19. The summed E-state index contributed by atoms with van der Waals surface area (Å²) >= 11 is 1.13. The largest absolute Gasteiger partial charge is 0.416 e. The molecule has 32 heavy (non-hydrogen) atoms. The van der Waals surface area contributed by atoms with Gasteiger partial charge in [-0.05, 0) is 42.8 Å². The average molecular weight is 473 g/mol. The smallest absolute Gasteiger partial charge is 0.322 e. The zero-order chi connectivity index (χ0) is 23.9. The van der Waals surface area contributed by atoms with Gasteiger partial charge in [-0.3, -0.25) is 15.2 Å². The van der Waals surface area contributed by atoms with E-state index < -0.39 is 35.1 Å². The van der Waals surface area contributed by atoms with Crippen LogP contribution in [0.4, 0.5) is 32.0 Å². The fraction of sp³-hybridized carbons (Fsp3) is 0.190. The number of halogens is 6. The van der Waals surface area contributed by atoms with Gasteiger partial charge in [-0.15, -0.1) is 11.8 Å². The highest BCUT2D eigenvalue weighted by molar-refractivity contribution is 8.14. The molecular weight excluding hydrogens is 456 g/mol. The third-order valence-corrected chi connectivity index (χ3v) is 4.75. The number of carbonyl (C=O) groups is 1. The topological polar surface area (TPSA) is 65.3 Å². The summed E-state index contributed by atoms with van der Waals surface area (Å²) in [5, 5.41) is 10.0. The van der Waals surface area contributed by atoms with E-state index in [1.165, 1.54) is 30.6 Å². The first-order valence-corrected chi connectivity index (χ1v) is 9.94. The van der Waals surface area contributed by atoms with Gasteiger partial charge >= 0.3 is 12.4 Å². The van der Waals surface area contributed by atoms with Crippen LogP contribution in [-0.2, 0) is 18.1 Å². The van der Waals surface area contributed by atoms with Crippen molar-refractivity contribution in [3.63, 3.8) is 0 Å². The number of anilines is 1. The van der Waals surface area contributed by atoms with Crippen LogP contribution in [0.15, 0.2) is 59.7 Å². The van der Waals surface area contributed by atoms with Crippen molar-refractivity contribution >= 4 is 34.6 Å². The Morgan fingerprint density at radius 3 is 2.25 bits per heavy atom. The molecule has 1 amide bonds. The molecule has 0 saturated carbocycles. The maximum absolute atomic E-state index is 13.0. The fourth-order valence-electron chi connectivity index (χ4n) is 2.43. The van der Waals surface area contributed by atoms with E-state index in [0.29, 0.717) is 23.4 Å². The Morgan fingerprint density at radius 1 is 1.06 bits per heavy atom. The zero-order valence-electron chi connectivity index (χ0n) is 16.5. The molecule has 0 unspecified atom stereocenters. The third kappa shape index (κ3) is 7.56. The first kappa shape index (κ1) is 25.2. The minimum atomic E-state index is -5.02. The molecule has 0 aliphatic carbocycles. The number of thioether (sulfide) groups is 1. The third-order valence-electron chi connectivity index (χ3n) is 3.86. The van der Waals surface area contributed by atoms with Crippen LogP contribution in [0.5, 0.6) is 0 Å². The molecule has 2 aromatic rings. The Hall–Kier alpha value is -3.08. The standard InChI is InChI=1S/C21H17F6N3OS/c1-2-6-29-11-18(28)32-12-13-4-3-5-14(7-13)19(31)30-17-9-15(20(22,23)24)8-16(10-17)21(25,26)27/h2-11,28H,12H2,1H3,(H,30,31)/b6-2-,28-18?,29-11?. The van der Waals surface area contributed by atoms with Crippen LogP contribution in [0, 0.1) is 5.41 Å². The first-order valence-electron chi connectivity index (χ1n) is 8.95. The van der Waals surface area contributed by atoms with Gasteiger partial charge in [0.25, 0.3) is 5.91 Å². The highest BCUT2D eigenvalue weighted by Gasteiger charge is 2.37. The van der Waals surface area contributed by atoms with Crippen LogP contribution in [0.2, 0.25) is 0 Å². The van der Waals surface area contributed by atoms with Crippen LogP contribution in [0.25, 0.3) is 0 Å². The molecular formula is C21H17F6N3OS. The van der Waals surface area contributed by atoms with Crippen molar-refractivity contribution in [2.24, 2.45) is 4.99 Å². The van der Waals surface area contributed by atoms with E-state index in [4.69, 9.17) is 5.41 Å². The van der Waals surface area contributed by atoms with Gasteiger partial charge in [0.05, 0.1) is 17.3 Å². The lowest BCUT2D eigenvalue weighted by atomic mass is 10.1. The SMILES string of the molecule is C/C=C\N=CC(=N)SCc1cccc(C(=O)Nc2cc(C(F)(F)F)cc(C(F)(F)F)c2)c1. The van der Waals surface area contributed by atoms with Crippen LogP contribution >= 0.6 is 11.8 Å². The first-order chi connectivity index (χ1) is 14.9. The number of carbonyl (C=O) groups excluding carboxylic acids is 1. The number of alkyl halides is 6. The van der Waals surface area contributed by atoms with Crippen molar-refractivity contribution in [3.05, 3.63) is 77.0 Å². The van der Waals surface area contributed by atoms with Gasteiger partial charge in [0.2, 0.25) is 0 Å². The summed E-state index contributed by atoms with van der Waals surface area (Å²) in [6, 6.07) is 6.89. The molecule has 0 spiro atoms. The second kappa shape index (κ2) is 10.5. The number of nitrogens with one attached hydrogen (secondary N) is 2. The van der Waals surface area contributed by atoms with Crippen LogP contribution in [-0.4, -0.2) is 17.2 Å². The molecule has 0 aromatic heterocycles. The van der Waals surface area contributed by atoms with Gasteiger partial charge in [-0.25, -0.2) is 0 Å². The second-order valence-electron chi connectivity index (χ2n) is 6.36. The van der Waals surface area contributed by atoms with Crippen molar-refractivity contribution in [3.8, 4) is 0 Å².